The molecule has 13 heavy (non-hydrogen) atoms. The number of pyridine rings is 1. The molecule has 0 bridgehead atoms. The van der Waals surface area contributed by atoms with Crippen LogP contribution in [0, 0.1) is 6.92 Å². The van der Waals surface area contributed by atoms with Crippen LogP contribution in [-0.4, -0.2) is 11.5 Å². The molecule has 2 heteroatoms. The zero-order valence-corrected chi connectivity index (χ0v) is 8.30. The number of nitrogens with zero attached hydrogens (tertiary/aromatic N) is 1. The summed E-state index contributed by atoms with van der Waals surface area (Å²) in [5.74, 6) is 0.956. The van der Waals surface area contributed by atoms with E-state index in [4.69, 9.17) is 0 Å². The number of nitrogens with one attached hydrogen (secondary N) is 1. The van der Waals surface area contributed by atoms with Gasteiger partial charge in [0.05, 0.1) is 0 Å². The lowest BCUT2D eigenvalue weighted by molar-refractivity contribution is 1.04. The highest BCUT2D eigenvalue weighted by Gasteiger charge is 1.96. The number of anilines is 1. The minimum Gasteiger partial charge on any atom is -0.366 e. The molecule has 0 spiro atoms. The van der Waals surface area contributed by atoms with Crippen LogP contribution in [0.4, 0.5) is 5.82 Å². The van der Waals surface area contributed by atoms with Crippen LogP contribution in [0.1, 0.15) is 18.9 Å². The van der Waals surface area contributed by atoms with E-state index in [-0.39, 0.29) is 0 Å². The largest absolute Gasteiger partial charge is 0.366 e. The molecule has 1 aromatic heterocycles. The minimum absolute atomic E-state index is 0.814. The lowest BCUT2D eigenvalue weighted by Crippen LogP contribution is -2.06. The number of hydrogen-bond acceptors (Lipinski definition) is 2. The Morgan fingerprint density at radius 3 is 3.00 bits per heavy atom. The Bertz CT molecular complexity index is 292. The van der Waals surface area contributed by atoms with Crippen molar-refractivity contribution in [3.05, 3.63) is 36.0 Å². The van der Waals surface area contributed by atoms with Gasteiger partial charge in [0.15, 0.2) is 0 Å². The zero-order valence-electron chi connectivity index (χ0n) is 8.30. The molecule has 0 atom stereocenters. The molecular formula is C11H16N2. The van der Waals surface area contributed by atoms with Crippen LogP contribution in [-0.2, 0) is 0 Å². The summed E-state index contributed by atoms with van der Waals surface area (Å²) in [6, 6.07) is 3.99. The summed E-state index contributed by atoms with van der Waals surface area (Å²) in [6.07, 6.45) is 2.81. The molecule has 70 valence electrons. The number of aromatic nitrogens is 1. The van der Waals surface area contributed by atoms with Crippen LogP contribution in [0.2, 0.25) is 0 Å². The van der Waals surface area contributed by atoms with Gasteiger partial charge in [-0.2, -0.15) is 0 Å². The summed E-state index contributed by atoms with van der Waals surface area (Å²) in [4.78, 5) is 4.23. The van der Waals surface area contributed by atoms with Gasteiger partial charge in [-0.15, -0.1) is 0 Å². The third-order valence-corrected chi connectivity index (χ3v) is 2.02. The Hall–Kier alpha value is -1.31. The quantitative estimate of drug-likeness (QED) is 0.713. The second-order valence-corrected chi connectivity index (χ2v) is 3.13. The van der Waals surface area contributed by atoms with Gasteiger partial charge in [-0.25, -0.2) is 4.98 Å². The first-order valence-electron chi connectivity index (χ1n) is 4.56. The zero-order chi connectivity index (χ0) is 9.68. The fraction of sp³-hybridized carbons (Fsp3) is 0.364. The molecule has 1 aromatic rings. The monoisotopic (exact) mass is 176 g/mol. The van der Waals surface area contributed by atoms with Crippen LogP contribution in [0.25, 0.3) is 0 Å². The van der Waals surface area contributed by atoms with Crippen LogP contribution < -0.4 is 5.32 Å². The van der Waals surface area contributed by atoms with E-state index in [1.807, 2.05) is 19.1 Å². The molecule has 0 fully saturated rings. The van der Waals surface area contributed by atoms with Crippen LogP contribution in [0.3, 0.4) is 0 Å². The highest BCUT2D eigenvalue weighted by atomic mass is 15.0. The lowest BCUT2D eigenvalue weighted by atomic mass is 10.2. The molecule has 0 unspecified atom stereocenters. The van der Waals surface area contributed by atoms with Crippen molar-refractivity contribution in [1.29, 1.82) is 0 Å². The maximum atomic E-state index is 4.23. The van der Waals surface area contributed by atoms with E-state index in [0.29, 0.717) is 0 Å². The summed E-state index contributed by atoms with van der Waals surface area (Å²) in [6.45, 7) is 8.89. The highest BCUT2D eigenvalue weighted by Crippen LogP contribution is 2.09. The van der Waals surface area contributed by atoms with Crippen molar-refractivity contribution >= 4 is 5.82 Å². The molecule has 0 saturated carbocycles. The van der Waals surface area contributed by atoms with Crippen molar-refractivity contribution in [3.8, 4) is 0 Å². The van der Waals surface area contributed by atoms with Gasteiger partial charge < -0.3 is 5.32 Å². The number of hydrogen-bond donors (Lipinski definition) is 1. The van der Waals surface area contributed by atoms with E-state index in [1.54, 1.807) is 6.20 Å². The Kier molecular flexibility index (Phi) is 3.50. The molecule has 1 heterocycles. The van der Waals surface area contributed by atoms with Gasteiger partial charge in [-0.3, -0.25) is 0 Å². The van der Waals surface area contributed by atoms with Crippen molar-refractivity contribution in [2.45, 2.75) is 20.3 Å². The smallest absolute Gasteiger partial charge is 0.129 e. The standard InChI is InChI=1S/C11H16N2/c1-4-9(2)8-13-11-10(3)6-5-7-12-11/h5-7H,2,4,8H2,1,3H3,(H,12,13). The van der Waals surface area contributed by atoms with Crippen molar-refractivity contribution in [2.75, 3.05) is 11.9 Å². The SMILES string of the molecule is C=C(CC)CNc1ncccc1C. The second kappa shape index (κ2) is 4.65. The first kappa shape index (κ1) is 9.78. The predicted molar refractivity (Wildman–Crippen MR) is 56.9 cm³/mol. The summed E-state index contributed by atoms with van der Waals surface area (Å²) in [5, 5.41) is 3.25. The predicted octanol–water partition coefficient (Wildman–Crippen LogP) is 2.77. The molecule has 1 rings (SSSR count). The summed E-state index contributed by atoms with van der Waals surface area (Å²) in [5.41, 5.74) is 2.37. The second-order valence-electron chi connectivity index (χ2n) is 3.13. The van der Waals surface area contributed by atoms with Crippen LogP contribution in [0.5, 0.6) is 0 Å². The third kappa shape index (κ3) is 2.90. The Morgan fingerprint density at radius 1 is 1.62 bits per heavy atom. The summed E-state index contributed by atoms with van der Waals surface area (Å²) < 4.78 is 0. The van der Waals surface area contributed by atoms with Crippen molar-refractivity contribution in [1.82, 2.24) is 4.98 Å². The highest BCUT2D eigenvalue weighted by molar-refractivity contribution is 5.43. The van der Waals surface area contributed by atoms with Gasteiger partial charge in [0, 0.05) is 12.7 Å². The number of rotatable bonds is 4. The number of aryl methyl sites for hydroxylation is 1. The lowest BCUT2D eigenvalue weighted by Gasteiger charge is -2.08. The Morgan fingerprint density at radius 2 is 2.38 bits per heavy atom. The average molecular weight is 176 g/mol. The van der Waals surface area contributed by atoms with E-state index < -0.39 is 0 Å². The summed E-state index contributed by atoms with van der Waals surface area (Å²) >= 11 is 0. The Labute approximate surface area is 79.7 Å². The first-order valence-corrected chi connectivity index (χ1v) is 4.56. The molecule has 0 radical (unpaired) electrons. The molecule has 0 aromatic carbocycles. The molecule has 0 aliphatic rings. The minimum atomic E-state index is 0.814. The van der Waals surface area contributed by atoms with Gasteiger partial charge >= 0.3 is 0 Å². The van der Waals surface area contributed by atoms with Crippen molar-refractivity contribution < 1.29 is 0 Å². The van der Waals surface area contributed by atoms with E-state index in [9.17, 15) is 0 Å². The molecule has 0 aliphatic heterocycles. The van der Waals surface area contributed by atoms with Crippen LogP contribution >= 0.6 is 0 Å². The maximum absolute atomic E-state index is 4.23. The molecule has 2 nitrogen and oxygen atoms in total. The van der Waals surface area contributed by atoms with Crippen molar-refractivity contribution in [2.24, 2.45) is 0 Å². The molecule has 0 saturated heterocycles. The maximum Gasteiger partial charge on any atom is 0.129 e. The summed E-state index contributed by atoms with van der Waals surface area (Å²) in [7, 11) is 0. The van der Waals surface area contributed by atoms with Gasteiger partial charge in [-0.1, -0.05) is 25.1 Å². The van der Waals surface area contributed by atoms with Crippen molar-refractivity contribution in [3.63, 3.8) is 0 Å². The molecule has 0 amide bonds. The first-order chi connectivity index (χ1) is 6.24. The average Bonchev–Trinajstić information content (AvgIpc) is 2.16. The molecule has 0 aliphatic carbocycles. The topological polar surface area (TPSA) is 24.9 Å². The fourth-order valence-electron chi connectivity index (χ4n) is 1.00. The fourth-order valence-corrected chi connectivity index (χ4v) is 1.00. The van der Waals surface area contributed by atoms with E-state index in [1.165, 1.54) is 11.1 Å². The van der Waals surface area contributed by atoms with E-state index in [0.717, 1.165) is 18.8 Å². The van der Waals surface area contributed by atoms with Gasteiger partial charge in [-0.05, 0) is 25.0 Å². The van der Waals surface area contributed by atoms with Gasteiger partial charge in [0.25, 0.3) is 0 Å². The Balaban J connectivity index is 2.54. The van der Waals surface area contributed by atoms with E-state index in [2.05, 4.69) is 23.8 Å². The van der Waals surface area contributed by atoms with Gasteiger partial charge in [0.1, 0.15) is 5.82 Å². The molecule has 1 N–H and O–H groups in total. The van der Waals surface area contributed by atoms with E-state index >= 15 is 0 Å². The molecular weight excluding hydrogens is 160 g/mol. The third-order valence-electron chi connectivity index (χ3n) is 2.02. The van der Waals surface area contributed by atoms with Crippen LogP contribution in [0.15, 0.2) is 30.5 Å². The van der Waals surface area contributed by atoms with Gasteiger partial charge in [0.2, 0.25) is 0 Å². The normalized spacial score (nSPS) is 9.69.